The molecule has 1 aliphatic heterocycles. The van der Waals surface area contributed by atoms with Crippen molar-refractivity contribution in [2.45, 2.75) is 52.6 Å². The minimum absolute atomic E-state index is 0.218. The van der Waals surface area contributed by atoms with Gasteiger partial charge in [-0.1, -0.05) is 24.3 Å². The summed E-state index contributed by atoms with van der Waals surface area (Å²) >= 11 is 0. The Bertz CT molecular complexity index is 816. The minimum atomic E-state index is -0.541. The van der Waals surface area contributed by atoms with Crippen molar-refractivity contribution in [2.75, 3.05) is 18.1 Å². The number of anilines is 1. The second kappa shape index (κ2) is 8.21. The summed E-state index contributed by atoms with van der Waals surface area (Å²) in [6.45, 7) is 8.40. The lowest BCUT2D eigenvalue weighted by Gasteiger charge is -2.37. The largest absolute Gasteiger partial charge is 0.463 e. The summed E-state index contributed by atoms with van der Waals surface area (Å²) in [6.07, 6.45) is 6.14. The molecule has 150 valence electrons. The number of para-hydroxylation sites is 1. The summed E-state index contributed by atoms with van der Waals surface area (Å²) in [5.41, 5.74) is 3.51. The van der Waals surface area contributed by atoms with Gasteiger partial charge in [-0.2, -0.15) is 0 Å². The highest BCUT2D eigenvalue weighted by Crippen LogP contribution is 2.43. The number of hydrogen-bond acceptors (Lipinski definition) is 4. The molecule has 0 radical (unpaired) electrons. The van der Waals surface area contributed by atoms with Crippen LogP contribution in [0.5, 0.6) is 0 Å². The highest BCUT2D eigenvalue weighted by atomic mass is 16.6. The molecule has 1 amide bonds. The Morgan fingerprint density at radius 3 is 2.71 bits per heavy atom. The molecule has 0 fully saturated rings. The quantitative estimate of drug-likeness (QED) is 0.526. The van der Waals surface area contributed by atoms with E-state index in [1.165, 1.54) is 5.57 Å². The lowest BCUT2D eigenvalue weighted by Crippen LogP contribution is -2.42. The number of ether oxygens (including phenoxy) is 2. The summed E-state index contributed by atoms with van der Waals surface area (Å²) in [6, 6.07) is 7.91. The summed E-state index contributed by atoms with van der Waals surface area (Å²) in [5.74, 6) is -0.0807. The van der Waals surface area contributed by atoms with Gasteiger partial charge in [-0.3, -0.25) is 4.90 Å². The predicted octanol–water partition coefficient (Wildman–Crippen LogP) is 5.11. The molecule has 28 heavy (non-hydrogen) atoms. The topological polar surface area (TPSA) is 55.8 Å². The average molecular weight is 383 g/mol. The van der Waals surface area contributed by atoms with Gasteiger partial charge in [0.15, 0.2) is 0 Å². The highest BCUT2D eigenvalue weighted by molar-refractivity contribution is 5.96. The van der Waals surface area contributed by atoms with Crippen molar-refractivity contribution >= 4 is 23.3 Å². The average Bonchev–Trinajstić information content (AvgIpc) is 2.81. The molecular weight excluding hydrogens is 354 g/mol. The molecular formula is C23H29NO4. The third-order valence-electron chi connectivity index (χ3n) is 4.91. The molecule has 0 spiro atoms. The van der Waals surface area contributed by atoms with Gasteiger partial charge in [-0.05, 0) is 64.2 Å². The number of rotatable bonds is 2. The number of hydrogen-bond donors (Lipinski definition) is 0. The molecule has 0 saturated carbocycles. The number of amides is 1. The van der Waals surface area contributed by atoms with Crippen LogP contribution in [0, 0.1) is 5.92 Å². The molecule has 5 heteroatoms. The third kappa shape index (κ3) is 4.64. The van der Waals surface area contributed by atoms with E-state index in [0.29, 0.717) is 13.2 Å². The SMILES string of the molecule is CCOC(=O)/C=C1\C=C2c3ccccc3N(C(=O)OC(C)(C)C)CC2CCC1. The molecule has 1 aromatic carbocycles. The van der Waals surface area contributed by atoms with Gasteiger partial charge >= 0.3 is 12.1 Å². The van der Waals surface area contributed by atoms with Crippen molar-refractivity contribution in [1.82, 2.24) is 0 Å². The Balaban J connectivity index is 1.98. The maximum atomic E-state index is 12.8. The maximum absolute atomic E-state index is 12.8. The van der Waals surface area contributed by atoms with Crippen LogP contribution < -0.4 is 4.90 Å². The normalized spacial score (nSPS) is 20.6. The van der Waals surface area contributed by atoms with Crippen molar-refractivity contribution in [2.24, 2.45) is 5.92 Å². The second-order valence-electron chi connectivity index (χ2n) is 8.27. The first-order chi connectivity index (χ1) is 13.3. The van der Waals surface area contributed by atoms with Crippen LogP contribution in [0.15, 0.2) is 42.0 Å². The predicted molar refractivity (Wildman–Crippen MR) is 110 cm³/mol. The maximum Gasteiger partial charge on any atom is 0.414 e. The number of nitrogens with zero attached hydrogens (tertiary/aromatic N) is 1. The number of carbonyl (C=O) groups is 2. The fraction of sp³-hybridized carbons (Fsp3) is 0.478. The van der Waals surface area contributed by atoms with E-state index in [2.05, 4.69) is 6.08 Å². The molecule has 1 unspecified atom stereocenters. The smallest absolute Gasteiger partial charge is 0.414 e. The van der Waals surface area contributed by atoms with Crippen molar-refractivity contribution in [3.8, 4) is 0 Å². The van der Waals surface area contributed by atoms with Gasteiger partial charge in [0.25, 0.3) is 0 Å². The van der Waals surface area contributed by atoms with Gasteiger partial charge in [-0.25, -0.2) is 9.59 Å². The molecule has 1 heterocycles. The molecule has 0 bridgehead atoms. The lowest BCUT2D eigenvalue weighted by atomic mass is 9.85. The number of benzene rings is 1. The minimum Gasteiger partial charge on any atom is -0.463 e. The molecule has 0 saturated heterocycles. The van der Waals surface area contributed by atoms with Gasteiger partial charge in [0, 0.05) is 24.1 Å². The van der Waals surface area contributed by atoms with Gasteiger partial charge in [-0.15, -0.1) is 0 Å². The van der Waals surface area contributed by atoms with Crippen molar-refractivity contribution in [3.63, 3.8) is 0 Å². The van der Waals surface area contributed by atoms with Crippen LogP contribution in [-0.4, -0.2) is 30.8 Å². The van der Waals surface area contributed by atoms with E-state index in [4.69, 9.17) is 9.47 Å². The Labute approximate surface area is 167 Å². The number of fused-ring (bicyclic) bond motifs is 3. The molecule has 1 aliphatic carbocycles. The van der Waals surface area contributed by atoms with Crippen molar-refractivity contribution < 1.29 is 19.1 Å². The van der Waals surface area contributed by atoms with Crippen molar-refractivity contribution in [1.29, 1.82) is 0 Å². The summed E-state index contributed by atoms with van der Waals surface area (Å²) < 4.78 is 10.7. The van der Waals surface area contributed by atoms with Crippen LogP contribution in [-0.2, 0) is 14.3 Å². The standard InChI is InChI=1S/C23H29NO4/c1-5-27-21(25)14-16-9-8-10-17-15-24(22(26)28-23(2,3)4)20-12-7-6-11-18(20)19(17)13-16/h6-7,11-14,17H,5,8-10,15H2,1-4H3/b16-14-. The molecule has 1 atom stereocenters. The number of carbonyl (C=O) groups excluding carboxylic acids is 2. The summed E-state index contributed by atoms with van der Waals surface area (Å²) in [7, 11) is 0. The summed E-state index contributed by atoms with van der Waals surface area (Å²) in [5, 5.41) is 0. The zero-order valence-corrected chi connectivity index (χ0v) is 17.2. The zero-order valence-electron chi connectivity index (χ0n) is 17.2. The van der Waals surface area contributed by atoms with E-state index in [9.17, 15) is 9.59 Å². The second-order valence-corrected chi connectivity index (χ2v) is 8.27. The van der Waals surface area contributed by atoms with Crippen LogP contribution in [0.4, 0.5) is 10.5 Å². The fourth-order valence-corrected chi connectivity index (χ4v) is 3.80. The van der Waals surface area contributed by atoms with Crippen LogP contribution in [0.2, 0.25) is 0 Å². The van der Waals surface area contributed by atoms with Gasteiger partial charge in [0.05, 0.1) is 12.3 Å². The molecule has 3 rings (SSSR count). The zero-order chi connectivity index (χ0) is 20.3. The number of esters is 1. The third-order valence-corrected chi connectivity index (χ3v) is 4.91. The monoisotopic (exact) mass is 383 g/mol. The molecule has 2 aliphatic rings. The van der Waals surface area contributed by atoms with Gasteiger partial charge in [0.1, 0.15) is 5.60 Å². The van der Waals surface area contributed by atoms with E-state index in [1.807, 2.05) is 45.0 Å². The fourth-order valence-electron chi connectivity index (χ4n) is 3.80. The van der Waals surface area contributed by atoms with E-state index >= 15 is 0 Å². The molecule has 1 aromatic rings. The van der Waals surface area contributed by atoms with E-state index in [1.54, 1.807) is 17.9 Å². The van der Waals surface area contributed by atoms with Crippen LogP contribution in [0.1, 0.15) is 52.5 Å². The van der Waals surface area contributed by atoms with Crippen LogP contribution >= 0.6 is 0 Å². The molecule has 0 aromatic heterocycles. The highest BCUT2D eigenvalue weighted by Gasteiger charge is 2.34. The first-order valence-corrected chi connectivity index (χ1v) is 9.97. The first-order valence-electron chi connectivity index (χ1n) is 9.97. The lowest BCUT2D eigenvalue weighted by molar-refractivity contribution is -0.137. The van der Waals surface area contributed by atoms with Gasteiger partial charge in [0.2, 0.25) is 0 Å². The van der Waals surface area contributed by atoms with Crippen molar-refractivity contribution in [3.05, 3.63) is 47.6 Å². The van der Waals surface area contributed by atoms with Gasteiger partial charge < -0.3 is 9.47 Å². The Morgan fingerprint density at radius 2 is 2.00 bits per heavy atom. The Morgan fingerprint density at radius 1 is 1.25 bits per heavy atom. The summed E-state index contributed by atoms with van der Waals surface area (Å²) in [4.78, 5) is 26.5. The first kappa shape index (κ1) is 20.2. The Kier molecular flexibility index (Phi) is 5.92. The Hall–Kier alpha value is -2.56. The van der Waals surface area contributed by atoms with Crippen LogP contribution in [0.3, 0.4) is 0 Å². The van der Waals surface area contributed by atoms with E-state index in [0.717, 1.165) is 36.1 Å². The number of allylic oxidation sites excluding steroid dienone is 2. The van der Waals surface area contributed by atoms with E-state index in [-0.39, 0.29) is 18.0 Å². The van der Waals surface area contributed by atoms with Crippen LogP contribution in [0.25, 0.3) is 5.57 Å². The molecule has 5 nitrogen and oxygen atoms in total. The molecule has 0 N–H and O–H groups in total. The van der Waals surface area contributed by atoms with E-state index < -0.39 is 5.60 Å².